The monoisotopic (exact) mass is 188 g/mol. The molecule has 0 aliphatic heterocycles. The molecule has 0 spiro atoms. The van der Waals surface area contributed by atoms with E-state index in [1.807, 2.05) is 17.8 Å². The molecule has 0 heterocycles. The van der Waals surface area contributed by atoms with Crippen LogP contribution in [0.5, 0.6) is 0 Å². The van der Waals surface area contributed by atoms with Gasteiger partial charge in [-0.2, -0.15) is 11.8 Å². The lowest BCUT2D eigenvalue weighted by molar-refractivity contribution is 0.537. The smallest absolute Gasteiger partial charge is 0.0201 e. The minimum Gasteiger partial charge on any atom is -0.329 e. The SMILES string of the molecule is C=CCNC(CN)CCSCC. The second-order valence-electron chi connectivity index (χ2n) is 2.62. The summed E-state index contributed by atoms with van der Waals surface area (Å²) < 4.78 is 0. The van der Waals surface area contributed by atoms with Gasteiger partial charge in [-0.15, -0.1) is 6.58 Å². The molecule has 0 rings (SSSR count). The van der Waals surface area contributed by atoms with E-state index in [1.54, 1.807) is 0 Å². The van der Waals surface area contributed by atoms with Gasteiger partial charge in [0.1, 0.15) is 0 Å². The molecule has 3 N–H and O–H groups in total. The van der Waals surface area contributed by atoms with Gasteiger partial charge in [0, 0.05) is 19.1 Å². The van der Waals surface area contributed by atoms with E-state index < -0.39 is 0 Å². The number of rotatable bonds is 8. The molecule has 0 saturated heterocycles. The molecule has 0 aromatic carbocycles. The molecule has 0 aliphatic rings. The summed E-state index contributed by atoms with van der Waals surface area (Å²) in [5.74, 6) is 2.39. The molecule has 0 radical (unpaired) electrons. The molecular formula is C9H20N2S. The maximum atomic E-state index is 5.59. The Kier molecular flexibility index (Phi) is 9.11. The Morgan fingerprint density at radius 1 is 1.67 bits per heavy atom. The highest BCUT2D eigenvalue weighted by Crippen LogP contribution is 2.03. The van der Waals surface area contributed by atoms with Crippen molar-refractivity contribution in [1.29, 1.82) is 0 Å². The van der Waals surface area contributed by atoms with Gasteiger partial charge < -0.3 is 11.1 Å². The molecule has 0 aromatic rings. The normalized spacial score (nSPS) is 12.8. The zero-order valence-electron chi connectivity index (χ0n) is 7.88. The van der Waals surface area contributed by atoms with Crippen molar-refractivity contribution in [1.82, 2.24) is 5.32 Å². The molecule has 1 atom stereocenters. The minimum atomic E-state index is 0.460. The fourth-order valence-corrected chi connectivity index (χ4v) is 1.66. The Labute approximate surface area is 80.0 Å². The van der Waals surface area contributed by atoms with Gasteiger partial charge in [0.15, 0.2) is 0 Å². The third kappa shape index (κ3) is 6.70. The molecular weight excluding hydrogens is 168 g/mol. The summed E-state index contributed by atoms with van der Waals surface area (Å²) in [5, 5.41) is 3.32. The molecule has 0 saturated carbocycles. The highest BCUT2D eigenvalue weighted by molar-refractivity contribution is 7.99. The summed E-state index contributed by atoms with van der Waals surface area (Å²) >= 11 is 1.96. The van der Waals surface area contributed by atoms with Crippen LogP contribution in [0.1, 0.15) is 13.3 Å². The second kappa shape index (κ2) is 9.10. The summed E-state index contributed by atoms with van der Waals surface area (Å²) in [6.45, 7) is 7.41. The van der Waals surface area contributed by atoms with E-state index in [9.17, 15) is 0 Å². The first-order chi connectivity index (χ1) is 5.85. The molecule has 0 amide bonds. The number of nitrogens with two attached hydrogens (primary N) is 1. The van der Waals surface area contributed by atoms with Crippen LogP contribution in [0.25, 0.3) is 0 Å². The quantitative estimate of drug-likeness (QED) is 0.444. The first kappa shape index (κ1) is 12.0. The Hall–Kier alpha value is 0.0100. The maximum Gasteiger partial charge on any atom is 0.0201 e. The van der Waals surface area contributed by atoms with Gasteiger partial charge in [-0.25, -0.2) is 0 Å². The van der Waals surface area contributed by atoms with Crippen molar-refractivity contribution in [2.75, 3.05) is 24.6 Å². The van der Waals surface area contributed by atoms with E-state index >= 15 is 0 Å². The average molecular weight is 188 g/mol. The van der Waals surface area contributed by atoms with Crippen LogP contribution in [0.4, 0.5) is 0 Å². The first-order valence-electron chi connectivity index (χ1n) is 4.47. The van der Waals surface area contributed by atoms with Crippen LogP contribution in [-0.2, 0) is 0 Å². The third-order valence-electron chi connectivity index (χ3n) is 1.65. The van der Waals surface area contributed by atoms with Crippen molar-refractivity contribution in [3.8, 4) is 0 Å². The van der Waals surface area contributed by atoms with Gasteiger partial charge in [-0.05, 0) is 17.9 Å². The lowest BCUT2D eigenvalue weighted by Crippen LogP contribution is -2.36. The van der Waals surface area contributed by atoms with Crippen molar-refractivity contribution in [2.45, 2.75) is 19.4 Å². The number of nitrogens with one attached hydrogen (secondary N) is 1. The predicted octanol–water partition coefficient (Wildman–Crippen LogP) is 1.23. The molecule has 3 heteroatoms. The molecule has 12 heavy (non-hydrogen) atoms. The molecule has 72 valence electrons. The van der Waals surface area contributed by atoms with Crippen molar-refractivity contribution >= 4 is 11.8 Å². The van der Waals surface area contributed by atoms with E-state index in [0.29, 0.717) is 6.04 Å². The zero-order chi connectivity index (χ0) is 9.23. The van der Waals surface area contributed by atoms with E-state index in [4.69, 9.17) is 5.73 Å². The fourth-order valence-electron chi connectivity index (χ4n) is 0.923. The van der Waals surface area contributed by atoms with Crippen molar-refractivity contribution in [2.24, 2.45) is 5.73 Å². The number of hydrogen-bond donors (Lipinski definition) is 2. The Morgan fingerprint density at radius 3 is 2.92 bits per heavy atom. The first-order valence-corrected chi connectivity index (χ1v) is 5.62. The molecule has 0 aliphatic carbocycles. The minimum absolute atomic E-state index is 0.460. The van der Waals surface area contributed by atoms with Crippen LogP contribution >= 0.6 is 11.8 Å². The van der Waals surface area contributed by atoms with E-state index in [-0.39, 0.29) is 0 Å². The Morgan fingerprint density at radius 2 is 2.42 bits per heavy atom. The van der Waals surface area contributed by atoms with Gasteiger partial charge in [0.2, 0.25) is 0 Å². The van der Waals surface area contributed by atoms with Crippen LogP contribution in [0.15, 0.2) is 12.7 Å². The lowest BCUT2D eigenvalue weighted by atomic mass is 10.2. The zero-order valence-corrected chi connectivity index (χ0v) is 8.70. The van der Waals surface area contributed by atoms with Crippen molar-refractivity contribution < 1.29 is 0 Å². The summed E-state index contributed by atoms with van der Waals surface area (Å²) in [7, 11) is 0. The standard InChI is InChI=1S/C9H20N2S/c1-3-6-11-9(8-10)5-7-12-4-2/h3,9,11H,1,4-8,10H2,2H3. The summed E-state index contributed by atoms with van der Waals surface area (Å²) in [6, 6.07) is 0.460. The molecule has 0 aromatic heterocycles. The second-order valence-corrected chi connectivity index (χ2v) is 4.01. The Bertz CT molecular complexity index is 107. The van der Waals surface area contributed by atoms with E-state index in [0.717, 1.165) is 19.5 Å². The largest absolute Gasteiger partial charge is 0.329 e. The molecule has 0 bridgehead atoms. The highest BCUT2D eigenvalue weighted by atomic mass is 32.2. The number of hydrogen-bond acceptors (Lipinski definition) is 3. The van der Waals surface area contributed by atoms with Crippen LogP contribution in [-0.4, -0.2) is 30.6 Å². The van der Waals surface area contributed by atoms with Gasteiger partial charge in [-0.1, -0.05) is 13.0 Å². The fraction of sp³-hybridized carbons (Fsp3) is 0.778. The Balaban J connectivity index is 3.32. The summed E-state index contributed by atoms with van der Waals surface area (Å²) in [5.41, 5.74) is 5.59. The highest BCUT2D eigenvalue weighted by Gasteiger charge is 2.02. The van der Waals surface area contributed by atoms with Crippen LogP contribution in [0.3, 0.4) is 0 Å². The van der Waals surface area contributed by atoms with Gasteiger partial charge in [0.25, 0.3) is 0 Å². The van der Waals surface area contributed by atoms with Gasteiger partial charge in [0.05, 0.1) is 0 Å². The van der Waals surface area contributed by atoms with Crippen LogP contribution in [0, 0.1) is 0 Å². The number of thioether (sulfide) groups is 1. The van der Waals surface area contributed by atoms with Crippen molar-refractivity contribution in [3.05, 3.63) is 12.7 Å². The van der Waals surface area contributed by atoms with Gasteiger partial charge in [-0.3, -0.25) is 0 Å². The third-order valence-corrected chi connectivity index (χ3v) is 2.58. The van der Waals surface area contributed by atoms with Crippen LogP contribution < -0.4 is 11.1 Å². The predicted molar refractivity (Wildman–Crippen MR) is 58.7 cm³/mol. The lowest BCUT2D eigenvalue weighted by Gasteiger charge is -2.14. The van der Waals surface area contributed by atoms with E-state index in [2.05, 4.69) is 18.8 Å². The van der Waals surface area contributed by atoms with Crippen LogP contribution in [0.2, 0.25) is 0 Å². The maximum absolute atomic E-state index is 5.59. The van der Waals surface area contributed by atoms with Crippen molar-refractivity contribution in [3.63, 3.8) is 0 Å². The summed E-state index contributed by atoms with van der Waals surface area (Å²) in [6.07, 6.45) is 3.03. The summed E-state index contributed by atoms with van der Waals surface area (Å²) in [4.78, 5) is 0. The topological polar surface area (TPSA) is 38.0 Å². The average Bonchev–Trinajstić information content (AvgIpc) is 2.11. The molecule has 1 unspecified atom stereocenters. The molecule has 2 nitrogen and oxygen atoms in total. The van der Waals surface area contributed by atoms with E-state index in [1.165, 1.54) is 11.5 Å². The van der Waals surface area contributed by atoms with Gasteiger partial charge >= 0.3 is 0 Å². The molecule has 0 fully saturated rings.